The minimum atomic E-state index is 0.586. The van der Waals surface area contributed by atoms with Crippen LogP contribution in [0.5, 0.6) is 11.5 Å². The van der Waals surface area contributed by atoms with Gasteiger partial charge in [0.05, 0.1) is 19.2 Å². The van der Waals surface area contributed by atoms with E-state index >= 15 is 0 Å². The van der Waals surface area contributed by atoms with Crippen molar-refractivity contribution in [2.24, 2.45) is 0 Å². The molecule has 0 saturated heterocycles. The Morgan fingerprint density at radius 1 is 1.11 bits per heavy atom. The van der Waals surface area contributed by atoms with Crippen LogP contribution in [0.3, 0.4) is 0 Å². The van der Waals surface area contributed by atoms with E-state index in [0.717, 1.165) is 31.6 Å². The first-order valence-corrected chi connectivity index (χ1v) is 6.71. The Hall–Kier alpha value is -0.970. The molecule has 0 aliphatic carbocycles. The van der Waals surface area contributed by atoms with Gasteiger partial charge in [-0.1, -0.05) is 17.7 Å². The van der Waals surface area contributed by atoms with E-state index in [1.54, 1.807) is 21.3 Å². The summed E-state index contributed by atoms with van der Waals surface area (Å²) in [6.45, 7) is 2.46. The quantitative estimate of drug-likeness (QED) is 0.709. The van der Waals surface area contributed by atoms with E-state index in [0.29, 0.717) is 23.1 Å². The van der Waals surface area contributed by atoms with E-state index in [1.807, 2.05) is 12.1 Å². The molecule has 0 amide bonds. The normalized spacial score (nSPS) is 10.5. The third-order valence-corrected chi connectivity index (χ3v) is 3.25. The first kappa shape index (κ1) is 16.1. The summed E-state index contributed by atoms with van der Waals surface area (Å²) in [5.74, 6) is 1.24. The van der Waals surface area contributed by atoms with Gasteiger partial charge in [-0.05, 0) is 31.0 Å². The van der Waals surface area contributed by atoms with E-state index in [9.17, 15) is 0 Å². The van der Waals surface area contributed by atoms with Crippen LogP contribution < -0.4 is 14.8 Å². The molecule has 0 saturated carbocycles. The van der Waals surface area contributed by atoms with Gasteiger partial charge in [-0.3, -0.25) is 0 Å². The molecule has 0 spiro atoms. The molecule has 4 nitrogen and oxygen atoms in total. The molecule has 0 aliphatic rings. The molecule has 0 aromatic heterocycles. The SMILES string of the molecule is COCCCCNCc1ccc(OC)c(OC)c1Cl. The average molecular weight is 288 g/mol. The maximum atomic E-state index is 6.29. The molecule has 0 bridgehead atoms. The molecule has 0 aliphatic heterocycles. The summed E-state index contributed by atoms with van der Waals surface area (Å²) in [5, 5.41) is 3.96. The zero-order chi connectivity index (χ0) is 14.1. The molecule has 0 radical (unpaired) electrons. The summed E-state index contributed by atoms with van der Waals surface area (Å²) in [6, 6.07) is 3.82. The zero-order valence-electron chi connectivity index (χ0n) is 11.8. The van der Waals surface area contributed by atoms with Crippen molar-refractivity contribution in [2.45, 2.75) is 19.4 Å². The van der Waals surface area contributed by atoms with Crippen molar-refractivity contribution in [3.63, 3.8) is 0 Å². The van der Waals surface area contributed by atoms with Gasteiger partial charge in [-0.2, -0.15) is 0 Å². The molecule has 1 aromatic carbocycles. The number of hydrogen-bond acceptors (Lipinski definition) is 4. The highest BCUT2D eigenvalue weighted by Gasteiger charge is 2.12. The molecule has 1 aromatic rings. The lowest BCUT2D eigenvalue weighted by atomic mass is 10.2. The van der Waals surface area contributed by atoms with Gasteiger partial charge in [-0.15, -0.1) is 0 Å². The number of ether oxygens (including phenoxy) is 3. The van der Waals surface area contributed by atoms with Crippen molar-refractivity contribution in [2.75, 3.05) is 34.5 Å². The van der Waals surface area contributed by atoms with Gasteiger partial charge in [0, 0.05) is 20.3 Å². The van der Waals surface area contributed by atoms with Gasteiger partial charge in [0.2, 0.25) is 0 Å². The van der Waals surface area contributed by atoms with Crippen molar-refractivity contribution in [3.8, 4) is 11.5 Å². The van der Waals surface area contributed by atoms with E-state index in [1.165, 1.54) is 0 Å². The van der Waals surface area contributed by atoms with Gasteiger partial charge >= 0.3 is 0 Å². The number of unbranched alkanes of at least 4 members (excludes halogenated alkanes) is 1. The first-order valence-electron chi connectivity index (χ1n) is 6.33. The molecule has 1 N–H and O–H groups in total. The Morgan fingerprint density at radius 2 is 1.89 bits per heavy atom. The summed E-state index contributed by atoms with van der Waals surface area (Å²) in [6.07, 6.45) is 2.14. The van der Waals surface area contributed by atoms with E-state index in [-0.39, 0.29) is 0 Å². The highest BCUT2D eigenvalue weighted by molar-refractivity contribution is 6.33. The van der Waals surface area contributed by atoms with Crippen molar-refractivity contribution in [3.05, 3.63) is 22.7 Å². The third kappa shape index (κ3) is 4.90. The number of hydrogen-bond donors (Lipinski definition) is 1. The summed E-state index contributed by atoms with van der Waals surface area (Å²) in [7, 11) is 4.91. The summed E-state index contributed by atoms with van der Waals surface area (Å²) < 4.78 is 15.5. The first-order chi connectivity index (χ1) is 9.24. The van der Waals surface area contributed by atoms with Crippen molar-refractivity contribution < 1.29 is 14.2 Å². The third-order valence-electron chi connectivity index (χ3n) is 2.83. The van der Waals surface area contributed by atoms with E-state index in [4.69, 9.17) is 25.8 Å². The highest BCUT2D eigenvalue weighted by Crippen LogP contribution is 2.37. The largest absolute Gasteiger partial charge is 0.493 e. The number of methoxy groups -OCH3 is 3. The second-order valence-corrected chi connectivity index (χ2v) is 4.53. The fourth-order valence-electron chi connectivity index (χ4n) is 1.79. The molecule has 0 unspecified atom stereocenters. The lowest BCUT2D eigenvalue weighted by Gasteiger charge is -2.13. The number of rotatable bonds is 9. The average Bonchev–Trinajstić information content (AvgIpc) is 2.43. The zero-order valence-corrected chi connectivity index (χ0v) is 12.5. The van der Waals surface area contributed by atoms with Gasteiger partial charge < -0.3 is 19.5 Å². The lowest BCUT2D eigenvalue weighted by Crippen LogP contribution is -2.15. The summed E-state index contributed by atoms with van der Waals surface area (Å²) in [5.41, 5.74) is 1.01. The van der Waals surface area contributed by atoms with Crippen LogP contribution in [0.15, 0.2) is 12.1 Å². The molecule has 0 heterocycles. The Bertz CT molecular complexity index is 385. The van der Waals surface area contributed by atoms with Crippen LogP contribution in [-0.4, -0.2) is 34.5 Å². The molecule has 0 atom stereocenters. The molecule has 1 rings (SSSR count). The Labute approximate surface area is 120 Å². The van der Waals surface area contributed by atoms with Crippen molar-refractivity contribution in [1.82, 2.24) is 5.32 Å². The monoisotopic (exact) mass is 287 g/mol. The predicted molar refractivity (Wildman–Crippen MR) is 77.4 cm³/mol. The Kier molecular flexibility index (Phi) is 7.63. The van der Waals surface area contributed by atoms with E-state index in [2.05, 4.69) is 5.32 Å². The minimum absolute atomic E-state index is 0.586. The van der Waals surface area contributed by atoms with Gasteiger partial charge in [0.1, 0.15) is 0 Å². The summed E-state index contributed by atoms with van der Waals surface area (Å²) >= 11 is 6.29. The summed E-state index contributed by atoms with van der Waals surface area (Å²) in [4.78, 5) is 0. The van der Waals surface area contributed by atoms with Crippen LogP contribution in [-0.2, 0) is 11.3 Å². The number of benzene rings is 1. The van der Waals surface area contributed by atoms with Crippen LogP contribution in [0.2, 0.25) is 5.02 Å². The standard InChI is InChI=1S/C14H22ClNO3/c1-17-9-5-4-8-16-10-11-6-7-12(18-2)14(19-3)13(11)15/h6-7,16H,4-5,8-10H2,1-3H3. The van der Waals surface area contributed by atoms with Crippen LogP contribution >= 0.6 is 11.6 Å². The smallest absolute Gasteiger partial charge is 0.179 e. The second kappa shape index (κ2) is 9.02. The van der Waals surface area contributed by atoms with Crippen molar-refractivity contribution in [1.29, 1.82) is 0 Å². The number of nitrogens with one attached hydrogen (secondary N) is 1. The maximum Gasteiger partial charge on any atom is 0.179 e. The fourth-order valence-corrected chi connectivity index (χ4v) is 2.09. The predicted octanol–water partition coefficient (Wildman–Crippen LogP) is 2.87. The van der Waals surface area contributed by atoms with Crippen LogP contribution in [0.4, 0.5) is 0 Å². The molecular formula is C14H22ClNO3. The van der Waals surface area contributed by atoms with Crippen LogP contribution in [0, 0.1) is 0 Å². The Morgan fingerprint density at radius 3 is 2.53 bits per heavy atom. The van der Waals surface area contributed by atoms with Gasteiger partial charge in [0.25, 0.3) is 0 Å². The minimum Gasteiger partial charge on any atom is -0.493 e. The van der Waals surface area contributed by atoms with E-state index < -0.39 is 0 Å². The van der Waals surface area contributed by atoms with Gasteiger partial charge in [0.15, 0.2) is 11.5 Å². The number of halogens is 1. The topological polar surface area (TPSA) is 39.7 Å². The van der Waals surface area contributed by atoms with Gasteiger partial charge in [-0.25, -0.2) is 0 Å². The molecule has 108 valence electrons. The molecular weight excluding hydrogens is 266 g/mol. The van der Waals surface area contributed by atoms with Crippen molar-refractivity contribution >= 4 is 11.6 Å². The fraction of sp³-hybridized carbons (Fsp3) is 0.571. The van der Waals surface area contributed by atoms with Crippen LogP contribution in [0.1, 0.15) is 18.4 Å². The molecule has 5 heteroatoms. The lowest BCUT2D eigenvalue weighted by molar-refractivity contribution is 0.192. The highest BCUT2D eigenvalue weighted by atomic mass is 35.5. The second-order valence-electron chi connectivity index (χ2n) is 4.15. The molecule has 0 fully saturated rings. The Balaban J connectivity index is 2.50. The van der Waals surface area contributed by atoms with Crippen LogP contribution in [0.25, 0.3) is 0 Å². The maximum absolute atomic E-state index is 6.29. The molecule has 19 heavy (non-hydrogen) atoms.